The molecule has 1 aromatic heterocycles. The molecule has 0 bridgehead atoms. The van der Waals surface area contributed by atoms with E-state index in [1.165, 1.54) is 17.8 Å². The first-order valence-corrected chi connectivity index (χ1v) is 7.17. The standard InChI is InChI=1S/C13H16FN3OS/c1-2-15-8-7-13-16-12(17-18-13)9-19-11-6-4-3-5-10(11)14/h3-6,15H,2,7-9H2,1H3. The summed E-state index contributed by atoms with van der Waals surface area (Å²) in [5.74, 6) is 1.50. The van der Waals surface area contributed by atoms with E-state index in [1.807, 2.05) is 13.0 Å². The lowest BCUT2D eigenvalue weighted by Crippen LogP contribution is -2.16. The minimum atomic E-state index is -0.219. The van der Waals surface area contributed by atoms with Crippen LogP contribution >= 0.6 is 11.8 Å². The highest BCUT2D eigenvalue weighted by Crippen LogP contribution is 2.24. The van der Waals surface area contributed by atoms with Gasteiger partial charge in [-0.15, -0.1) is 11.8 Å². The molecule has 19 heavy (non-hydrogen) atoms. The van der Waals surface area contributed by atoms with Crippen molar-refractivity contribution in [3.05, 3.63) is 41.8 Å². The van der Waals surface area contributed by atoms with E-state index in [-0.39, 0.29) is 5.82 Å². The molecule has 0 aliphatic heterocycles. The number of hydrogen-bond acceptors (Lipinski definition) is 5. The van der Waals surface area contributed by atoms with Crippen LogP contribution in [0.3, 0.4) is 0 Å². The van der Waals surface area contributed by atoms with Crippen molar-refractivity contribution in [3.8, 4) is 0 Å². The van der Waals surface area contributed by atoms with Gasteiger partial charge in [-0.3, -0.25) is 0 Å². The summed E-state index contributed by atoms with van der Waals surface area (Å²) in [6.07, 6.45) is 0.713. The third kappa shape index (κ3) is 4.33. The zero-order chi connectivity index (χ0) is 13.5. The first-order valence-electron chi connectivity index (χ1n) is 6.19. The van der Waals surface area contributed by atoms with Crippen molar-refractivity contribution in [3.63, 3.8) is 0 Å². The van der Waals surface area contributed by atoms with Gasteiger partial charge in [0.1, 0.15) is 5.82 Å². The van der Waals surface area contributed by atoms with Gasteiger partial charge in [-0.05, 0) is 18.7 Å². The average molecular weight is 281 g/mol. The van der Waals surface area contributed by atoms with Crippen LogP contribution < -0.4 is 5.32 Å². The normalized spacial score (nSPS) is 10.8. The summed E-state index contributed by atoms with van der Waals surface area (Å²) in [6, 6.07) is 6.67. The first-order chi connectivity index (χ1) is 9.29. The molecule has 2 rings (SSSR count). The summed E-state index contributed by atoms with van der Waals surface area (Å²) in [5.41, 5.74) is 0. The van der Waals surface area contributed by atoms with Gasteiger partial charge in [-0.25, -0.2) is 4.39 Å². The number of hydrogen-bond donors (Lipinski definition) is 1. The number of aromatic nitrogens is 2. The van der Waals surface area contributed by atoms with Gasteiger partial charge < -0.3 is 9.84 Å². The Hall–Kier alpha value is -1.40. The van der Waals surface area contributed by atoms with Crippen molar-refractivity contribution in [2.24, 2.45) is 0 Å². The molecular weight excluding hydrogens is 265 g/mol. The molecule has 0 aliphatic carbocycles. The molecule has 2 aromatic rings. The van der Waals surface area contributed by atoms with Crippen molar-refractivity contribution in [2.75, 3.05) is 13.1 Å². The molecule has 1 N–H and O–H groups in total. The van der Waals surface area contributed by atoms with Gasteiger partial charge in [-0.2, -0.15) is 4.98 Å². The fourth-order valence-electron chi connectivity index (χ4n) is 1.53. The lowest BCUT2D eigenvalue weighted by molar-refractivity contribution is 0.372. The van der Waals surface area contributed by atoms with E-state index >= 15 is 0 Å². The monoisotopic (exact) mass is 281 g/mol. The highest BCUT2D eigenvalue weighted by molar-refractivity contribution is 7.98. The molecule has 0 saturated heterocycles. The minimum absolute atomic E-state index is 0.219. The Kier molecular flexibility index (Phi) is 5.35. The maximum Gasteiger partial charge on any atom is 0.227 e. The number of nitrogens with one attached hydrogen (secondary N) is 1. The van der Waals surface area contributed by atoms with Gasteiger partial charge in [0.2, 0.25) is 5.89 Å². The Labute approximate surface area is 115 Å². The van der Waals surface area contributed by atoms with Crippen LogP contribution in [0.2, 0.25) is 0 Å². The maximum absolute atomic E-state index is 13.4. The van der Waals surface area contributed by atoms with Gasteiger partial charge in [0.15, 0.2) is 5.82 Å². The molecule has 1 heterocycles. The van der Waals surface area contributed by atoms with Gasteiger partial charge >= 0.3 is 0 Å². The fourth-order valence-corrected chi connectivity index (χ4v) is 2.31. The van der Waals surface area contributed by atoms with Crippen LogP contribution in [0.1, 0.15) is 18.6 Å². The second-order valence-electron chi connectivity index (χ2n) is 3.93. The summed E-state index contributed by atoms with van der Waals surface area (Å²) in [7, 11) is 0. The van der Waals surface area contributed by atoms with E-state index in [0.29, 0.717) is 28.8 Å². The molecule has 0 amide bonds. The van der Waals surface area contributed by atoms with E-state index in [4.69, 9.17) is 4.52 Å². The van der Waals surface area contributed by atoms with Gasteiger partial charge in [0.25, 0.3) is 0 Å². The second-order valence-corrected chi connectivity index (χ2v) is 4.94. The SMILES string of the molecule is CCNCCc1nc(CSc2ccccc2F)no1. The quantitative estimate of drug-likeness (QED) is 0.624. The van der Waals surface area contributed by atoms with E-state index in [2.05, 4.69) is 15.5 Å². The Morgan fingerprint density at radius 1 is 1.37 bits per heavy atom. The number of nitrogens with zero attached hydrogens (tertiary/aromatic N) is 2. The highest BCUT2D eigenvalue weighted by Gasteiger charge is 2.08. The van der Waals surface area contributed by atoms with Crippen molar-refractivity contribution >= 4 is 11.8 Å². The van der Waals surface area contributed by atoms with Crippen LogP contribution in [0.15, 0.2) is 33.7 Å². The van der Waals surface area contributed by atoms with Crippen LogP contribution in [-0.4, -0.2) is 23.2 Å². The lowest BCUT2D eigenvalue weighted by Gasteiger charge is -1.99. The molecule has 102 valence electrons. The van der Waals surface area contributed by atoms with E-state index < -0.39 is 0 Å². The number of benzene rings is 1. The van der Waals surface area contributed by atoms with Crippen LogP contribution in [0.25, 0.3) is 0 Å². The van der Waals surface area contributed by atoms with Crippen LogP contribution in [-0.2, 0) is 12.2 Å². The largest absolute Gasteiger partial charge is 0.339 e. The third-order valence-electron chi connectivity index (χ3n) is 2.47. The lowest BCUT2D eigenvalue weighted by atomic mass is 10.3. The summed E-state index contributed by atoms with van der Waals surface area (Å²) in [6.45, 7) is 3.78. The van der Waals surface area contributed by atoms with Crippen molar-refractivity contribution in [1.29, 1.82) is 0 Å². The third-order valence-corrected chi connectivity index (χ3v) is 3.51. The second kappa shape index (κ2) is 7.25. The smallest absolute Gasteiger partial charge is 0.227 e. The van der Waals surface area contributed by atoms with E-state index in [1.54, 1.807) is 12.1 Å². The molecule has 6 heteroatoms. The summed E-state index contributed by atoms with van der Waals surface area (Å²) < 4.78 is 18.5. The number of likely N-dealkylation sites (N-methyl/N-ethyl adjacent to an activating group) is 1. The van der Waals surface area contributed by atoms with Gasteiger partial charge in [0.05, 0.1) is 5.75 Å². The van der Waals surface area contributed by atoms with Crippen LogP contribution in [0.4, 0.5) is 4.39 Å². The number of rotatable bonds is 7. The average Bonchev–Trinajstić information content (AvgIpc) is 2.86. The zero-order valence-electron chi connectivity index (χ0n) is 10.7. The number of thioether (sulfide) groups is 1. The topological polar surface area (TPSA) is 51.0 Å². The highest BCUT2D eigenvalue weighted by atomic mass is 32.2. The Morgan fingerprint density at radius 3 is 3.00 bits per heavy atom. The molecule has 0 radical (unpaired) electrons. The molecule has 0 saturated carbocycles. The molecule has 0 aliphatic rings. The first kappa shape index (κ1) is 14.0. The van der Waals surface area contributed by atoms with E-state index in [9.17, 15) is 4.39 Å². The maximum atomic E-state index is 13.4. The van der Waals surface area contributed by atoms with E-state index in [0.717, 1.165) is 13.1 Å². The number of halogens is 1. The molecule has 4 nitrogen and oxygen atoms in total. The van der Waals surface area contributed by atoms with Crippen LogP contribution in [0, 0.1) is 5.82 Å². The Balaban J connectivity index is 1.85. The Morgan fingerprint density at radius 2 is 2.21 bits per heavy atom. The summed E-state index contributed by atoms with van der Waals surface area (Å²) in [5, 5.41) is 7.07. The minimum Gasteiger partial charge on any atom is -0.339 e. The fraction of sp³-hybridized carbons (Fsp3) is 0.385. The summed E-state index contributed by atoms with van der Waals surface area (Å²) in [4.78, 5) is 4.86. The van der Waals surface area contributed by atoms with Gasteiger partial charge in [0, 0.05) is 17.9 Å². The molecule has 0 spiro atoms. The molecule has 0 unspecified atom stereocenters. The van der Waals surface area contributed by atoms with Gasteiger partial charge in [-0.1, -0.05) is 24.2 Å². The van der Waals surface area contributed by atoms with Crippen molar-refractivity contribution in [2.45, 2.75) is 24.0 Å². The molecule has 0 fully saturated rings. The predicted molar refractivity (Wildman–Crippen MR) is 72.5 cm³/mol. The predicted octanol–water partition coefficient (Wildman–Crippen LogP) is 2.65. The van der Waals surface area contributed by atoms with Crippen molar-refractivity contribution in [1.82, 2.24) is 15.5 Å². The van der Waals surface area contributed by atoms with Crippen molar-refractivity contribution < 1.29 is 8.91 Å². The molecule has 1 aromatic carbocycles. The van der Waals surface area contributed by atoms with Crippen LogP contribution in [0.5, 0.6) is 0 Å². The summed E-state index contributed by atoms with van der Waals surface area (Å²) >= 11 is 1.37. The molecule has 0 atom stereocenters. The zero-order valence-corrected chi connectivity index (χ0v) is 11.5. The molecular formula is C13H16FN3OS. The Bertz CT molecular complexity index is 518.